The van der Waals surface area contributed by atoms with E-state index in [0.29, 0.717) is 24.2 Å². The van der Waals surface area contributed by atoms with Crippen molar-refractivity contribution >= 4 is 17.3 Å². The molecule has 0 aliphatic heterocycles. The lowest BCUT2D eigenvalue weighted by Gasteiger charge is -2.45. The Bertz CT molecular complexity index is 1350. The van der Waals surface area contributed by atoms with Gasteiger partial charge < -0.3 is 4.74 Å². The fourth-order valence-corrected chi connectivity index (χ4v) is 8.30. The Labute approximate surface area is 248 Å². The van der Waals surface area contributed by atoms with Crippen LogP contribution in [-0.4, -0.2) is 21.9 Å². The van der Waals surface area contributed by atoms with Crippen molar-refractivity contribution < 1.29 is 19.4 Å². The lowest BCUT2D eigenvalue weighted by molar-refractivity contribution is -0.394. The van der Waals surface area contributed by atoms with E-state index in [1.54, 1.807) is 0 Å². The van der Waals surface area contributed by atoms with Crippen molar-refractivity contribution in [2.45, 2.75) is 104 Å². The first kappa shape index (κ1) is 30.2. The number of esters is 1. The van der Waals surface area contributed by atoms with Gasteiger partial charge in [-0.05, 0) is 95.8 Å². The molecule has 0 aromatic heterocycles. The molecule has 42 heavy (non-hydrogen) atoms. The van der Waals surface area contributed by atoms with Crippen LogP contribution in [0.4, 0.5) is 11.4 Å². The Balaban J connectivity index is 1.29. The Morgan fingerprint density at radius 1 is 0.952 bits per heavy atom. The standard InChI is InChI=1S/C34H44N2O6/c1-20(2)21(3)6-7-22(4)31-12-13-32-30-10-8-23-18-27(9-11-28(23)29(30)14-15-34(31,32)5)42-33(37)24-16-25(35(38)39)19-26(17-24)36(40)41/h8,10,16-17,19-22,27,31-32H,6-7,9,11-15,18H2,1-5H3/t21-,22+,27+,31-,32+,34+/m0/s1. The van der Waals surface area contributed by atoms with Gasteiger partial charge in [-0.1, -0.05) is 59.6 Å². The van der Waals surface area contributed by atoms with Crippen LogP contribution in [0.5, 0.6) is 0 Å². The number of carbonyl (C=O) groups excluding carboxylic acids is 1. The summed E-state index contributed by atoms with van der Waals surface area (Å²) in [6, 6.07) is 7.49. The van der Waals surface area contributed by atoms with E-state index >= 15 is 0 Å². The third-order valence-electron chi connectivity index (χ3n) is 11.2. The van der Waals surface area contributed by atoms with Gasteiger partial charge in [0, 0.05) is 18.6 Å². The van der Waals surface area contributed by atoms with Crippen molar-refractivity contribution in [2.75, 3.05) is 0 Å². The van der Waals surface area contributed by atoms with E-state index in [1.165, 1.54) is 54.4 Å². The lowest BCUT2D eigenvalue weighted by Crippen LogP contribution is -2.36. The fraction of sp³-hybridized carbons (Fsp3) is 0.618. The molecule has 1 saturated carbocycles. The molecule has 226 valence electrons. The topological polar surface area (TPSA) is 113 Å². The monoisotopic (exact) mass is 576 g/mol. The molecule has 8 nitrogen and oxygen atoms in total. The molecule has 1 fully saturated rings. The van der Waals surface area contributed by atoms with Crippen LogP contribution in [0.1, 0.15) is 112 Å². The van der Waals surface area contributed by atoms with Crippen LogP contribution in [0.15, 0.2) is 30.3 Å². The first-order valence-electron chi connectivity index (χ1n) is 15.7. The maximum absolute atomic E-state index is 12.9. The largest absolute Gasteiger partial charge is 0.458 e. The summed E-state index contributed by atoms with van der Waals surface area (Å²) in [5.41, 5.74) is 4.83. The Hall–Kier alpha value is -3.29. The van der Waals surface area contributed by atoms with E-state index in [-0.39, 0.29) is 11.7 Å². The molecule has 6 atom stereocenters. The zero-order valence-corrected chi connectivity index (χ0v) is 25.6. The number of hydrogen-bond donors (Lipinski definition) is 0. The second kappa shape index (κ2) is 11.8. The van der Waals surface area contributed by atoms with Crippen molar-refractivity contribution in [1.29, 1.82) is 0 Å². The molecule has 5 rings (SSSR count). The molecule has 2 aromatic carbocycles. The predicted molar refractivity (Wildman–Crippen MR) is 162 cm³/mol. The number of nitrogens with zero attached hydrogens (tertiary/aromatic N) is 2. The van der Waals surface area contributed by atoms with Gasteiger partial charge in [-0.2, -0.15) is 0 Å². The summed E-state index contributed by atoms with van der Waals surface area (Å²) in [6.07, 6.45) is 9.20. The van der Waals surface area contributed by atoms with Crippen molar-refractivity contribution in [1.82, 2.24) is 0 Å². The second-order valence-electron chi connectivity index (χ2n) is 13.8. The highest BCUT2D eigenvalue weighted by molar-refractivity contribution is 5.91. The van der Waals surface area contributed by atoms with Gasteiger partial charge in [0.15, 0.2) is 0 Å². The third kappa shape index (κ3) is 5.69. The van der Waals surface area contributed by atoms with Crippen molar-refractivity contribution in [2.24, 2.45) is 29.1 Å². The Morgan fingerprint density at radius 3 is 2.29 bits per heavy atom. The predicted octanol–water partition coefficient (Wildman–Crippen LogP) is 8.37. The smallest absolute Gasteiger partial charge is 0.338 e. The molecule has 0 heterocycles. The van der Waals surface area contributed by atoms with Crippen LogP contribution < -0.4 is 0 Å². The Kier molecular flexibility index (Phi) is 8.46. The number of carbonyl (C=O) groups is 1. The minimum Gasteiger partial charge on any atom is -0.458 e. The second-order valence-corrected chi connectivity index (χ2v) is 13.8. The van der Waals surface area contributed by atoms with Gasteiger partial charge in [-0.15, -0.1) is 0 Å². The number of benzene rings is 2. The van der Waals surface area contributed by atoms with Gasteiger partial charge in [0.2, 0.25) is 0 Å². The first-order valence-corrected chi connectivity index (χ1v) is 15.7. The van der Waals surface area contributed by atoms with Crippen LogP contribution in [0.3, 0.4) is 0 Å². The van der Waals surface area contributed by atoms with E-state index in [0.717, 1.165) is 54.7 Å². The van der Waals surface area contributed by atoms with Crippen LogP contribution >= 0.6 is 0 Å². The number of fused-ring (bicyclic) bond motifs is 5. The van der Waals surface area contributed by atoms with Crippen LogP contribution in [-0.2, 0) is 24.0 Å². The van der Waals surface area contributed by atoms with Crippen LogP contribution in [0, 0.1) is 49.3 Å². The number of ether oxygens (including phenoxy) is 1. The molecule has 0 unspecified atom stereocenters. The normalized spacial score (nSPS) is 26.1. The summed E-state index contributed by atoms with van der Waals surface area (Å²) in [5.74, 6) is 2.84. The summed E-state index contributed by atoms with van der Waals surface area (Å²) in [4.78, 5) is 33.9. The zero-order chi connectivity index (χ0) is 30.3. The van der Waals surface area contributed by atoms with Gasteiger partial charge in [-0.25, -0.2) is 4.79 Å². The quantitative estimate of drug-likeness (QED) is 0.168. The van der Waals surface area contributed by atoms with Gasteiger partial charge in [0.05, 0.1) is 21.5 Å². The van der Waals surface area contributed by atoms with Gasteiger partial charge in [0.25, 0.3) is 11.4 Å². The first-order chi connectivity index (χ1) is 19.9. The number of non-ortho nitro benzene ring substituents is 2. The molecule has 0 N–H and O–H groups in total. The Morgan fingerprint density at radius 2 is 1.64 bits per heavy atom. The summed E-state index contributed by atoms with van der Waals surface area (Å²) in [5, 5.41) is 22.5. The SMILES string of the molecule is CC(C)[C@@H](C)CC[C@@H](C)[C@@H]1CC[C@@H]2c3ccc4c(c3CC[C@@]21C)CC[C@@H](OC(=O)c1cc([N+](=O)[O-])cc([N+](=O)[O-])c1)C4. The minimum atomic E-state index is -0.766. The molecular formula is C34H44N2O6. The zero-order valence-electron chi connectivity index (χ0n) is 25.6. The summed E-state index contributed by atoms with van der Waals surface area (Å²) in [6.45, 7) is 12.1. The number of hydrogen-bond acceptors (Lipinski definition) is 6. The minimum absolute atomic E-state index is 0.171. The number of rotatable bonds is 9. The molecule has 3 aliphatic rings. The summed E-state index contributed by atoms with van der Waals surface area (Å²) in [7, 11) is 0. The third-order valence-corrected chi connectivity index (χ3v) is 11.2. The van der Waals surface area contributed by atoms with Gasteiger partial charge in [-0.3, -0.25) is 20.2 Å². The van der Waals surface area contributed by atoms with E-state index in [1.807, 2.05) is 0 Å². The number of nitro groups is 2. The van der Waals surface area contributed by atoms with Crippen molar-refractivity contribution in [3.63, 3.8) is 0 Å². The summed E-state index contributed by atoms with van der Waals surface area (Å²) >= 11 is 0. The van der Waals surface area contributed by atoms with E-state index < -0.39 is 27.2 Å². The molecule has 0 amide bonds. The highest BCUT2D eigenvalue weighted by Crippen LogP contribution is 2.61. The molecule has 0 spiro atoms. The lowest BCUT2D eigenvalue weighted by atomic mass is 9.59. The molecule has 0 saturated heterocycles. The average molecular weight is 577 g/mol. The molecule has 8 heteroatoms. The highest BCUT2D eigenvalue weighted by Gasteiger charge is 2.51. The molecule has 3 aliphatic carbocycles. The van der Waals surface area contributed by atoms with Gasteiger partial charge >= 0.3 is 5.97 Å². The van der Waals surface area contributed by atoms with Crippen molar-refractivity contribution in [3.05, 3.63) is 78.4 Å². The maximum atomic E-state index is 12.9. The average Bonchev–Trinajstić information content (AvgIpc) is 3.32. The maximum Gasteiger partial charge on any atom is 0.338 e. The van der Waals surface area contributed by atoms with Gasteiger partial charge in [0.1, 0.15) is 6.10 Å². The number of nitro benzene ring substituents is 2. The van der Waals surface area contributed by atoms with E-state index in [9.17, 15) is 25.0 Å². The van der Waals surface area contributed by atoms with E-state index in [2.05, 4.69) is 46.8 Å². The fourth-order valence-electron chi connectivity index (χ4n) is 8.30. The van der Waals surface area contributed by atoms with E-state index in [4.69, 9.17) is 4.74 Å². The summed E-state index contributed by atoms with van der Waals surface area (Å²) < 4.78 is 5.74. The highest BCUT2D eigenvalue weighted by atomic mass is 16.6. The van der Waals surface area contributed by atoms with Crippen LogP contribution in [0.2, 0.25) is 0 Å². The van der Waals surface area contributed by atoms with Crippen LogP contribution in [0.25, 0.3) is 0 Å². The van der Waals surface area contributed by atoms with Crippen molar-refractivity contribution in [3.8, 4) is 0 Å². The molecule has 0 radical (unpaired) electrons. The molecular weight excluding hydrogens is 532 g/mol. The molecule has 2 aromatic rings. The molecule has 0 bridgehead atoms.